The third-order valence-electron chi connectivity index (χ3n) is 5.67. The second-order valence-electron chi connectivity index (χ2n) is 7.56. The van der Waals surface area contributed by atoms with Gasteiger partial charge in [0, 0.05) is 5.92 Å². The van der Waals surface area contributed by atoms with Crippen LogP contribution in [-0.4, -0.2) is 30.1 Å². The number of rotatable bonds is 6. The number of halogens is 6. The van der Waals surface area contributed by atoms with Crippen LogP contribution in [0.25, 0.3) is 0 Å². The average molecular weight is 446 g/mol. The fraction of sp³-hybridized carbons (Fsp3) is 0.667. The van der Waals surface area contributed by atoms with Crippen LogP contribution in [0.15, 0.2) is 24.3 Å². The standard InChI is InChI=1S/C18H20F6O2S2/c19-16(20,17(21,22)27)18(23,24)28(25,26)15-10-14(15)13-8-6-12(7-9-13)11-4-2-1-3-5-11/h6-9,11,14-15,27H,1-5,10H2/t14?,15-/m1/s1. The topological polar surface area (TPSA) is 34.1 Å². The SMILES string of the molecule is O=S(=O)([C@@H]1CC1c1ccc(C2CCCCC2)cc1)C(F)(F)C(F)(F)C(F)(F)S. The predicted octanol–water partition coefficient (Wildman–Crippen LogP) is 5.76. The van der Waals surface area contributed by atoms with Crippen LogP contribution in [0, 0.1) is 0 Å². The fourth-order valence-electron chi connectivity index (χ4n) is 3.86. The minimum atomic E-state index is -6.13. The maximum Gasteiger partial charge on any atom is 0.414 e. The first-order chi connectivity index (χ1) is 12.8. The predicted molar refractivity (Wildman–Crippen MR) is 96.2 cm³/mol. The van der Waals surface area contributed by atoms with Crippen molar-refractivity contribution in [2.24, 2.45) is 0 Å². The second kappa shape index (κ2) is 7.11. The quantitative estimate of drug-likeness (QED) is 0.446. The molecule has 0 aliphatic heterocycles. The summed E-state index contributed by atoms with van der Waals surface area (Å²) in [6, 6.07) is 6.80. The molecule has 2 saturated carbocycles. The minimum absolute atomic E-state index is 0.311. The summed E-state index contributed by atoms with van der Waals surface area (Å²) in [6.07, 6.45) is 5.19. The van der Waals surface area contributed by atoms with E-state index < -0.39 is 37.4 Å². The van der Waals surface area contributed by atoms with E-state index in [9.17, 15) is 34.8 Å². The van der Waals surface area contributed by atoms with Crippen molar-refractivity contribution < 1.29 is 34.8 Å². The highest BCUT2D eigenvalue weighted by Gasteiger charge is 2.78. The van der Waals surface area contributed by atoms with Gasteiger partial charge in [0.25, 0.3) is 0 Å². The van der Waals surface area contributed by atoms with Gasteiger partial charge in [-0.1, -0.05) is 56.2 Å². The molecule has 2 fully saturated rings. The fourth-order valence-corrected chi connectivity index (χ4v) is 5.99. The normalized spacial score (nSPS) is 25.0. The Morgan fingerprint density at radius 2 is 1.36 bits per heavy atom. The molecule has 0 amide bonds. The Hall–Kier alpha value is -0.900. The maximum absolute atomic E-state index is 13.9. The van der Waals surface area contributed by atoms with Crippen molar-refractivity contribution in [1.82, 2.24) is 0 Å². The van der Waals surface area contributed by atoms with E-state index in [4.69, 9.17) is 0 Å². The number of benzene rings is 1. The minimum Gasteiger partial charge on any atom is -0.222 e. The van der Waals surface area contributed by atoms with Gasteiger partial charge in [0.15, 0.2) is 0 Å². The van der Waals surface area contributed by atoms with E-state index in [2.05, 4.69) is 12.6 Å². The Morgan fingerprint density at radius 1 is 0.857 bits per heavy atom. The molecular weight excluding hydrogens is 426 g/mol. The van der Waals surface area contributed by atoms with Crippen LogP contribution in [0.2, 0.25) is 0 Å². The molecule has 0 bridgehead atoms. The van der Waals surface area contributed by atoms with Crippen molar-refractivity contribution in [3.05, 3.63) is 35.4 Å². The molecule has 0 radical (unpaired) electrons. The van der Waals surface area contributed by atoms with E-state index in [-0.39, 0.29) is 6.42 Å². The number of hydrogen-bond acceptors (Lipinski definition) is 3. The highest BCUT2D eigenvalue weighted by molar-refractivity contribution is 7.93. The summed E-state index contributed by atoms with van der Waals surface area (Å²) in [7, 11) is -5.85. The molecule has 28 heavy (non-hydrogen) atoms. The molecule has 158 valence electrons. The van der Waals surface area contributed by atoms with Crippen LogP contribution >= 0.6 is 12.6 Å². The van der Waals surface area contributed by atoms with E-state index >= 15 is 0 Å². The van der Waals surface area contributed by atoms with E-state index in [0.717, 1.165) is 31.2 Å². The largest absolute Gasteiger partial charge is 0.414 e. The van der Waals surface area contributed by atoms with Gasteiger partial charge in [-0.05, 0) is 36.3 Å². The molecule has 0 saturated heterocycles. The van der Waals surface area contributed by atoms with Gasteiger partial charge in [0.2, 0.25) is 9.84 Å². The molecule has 2 aliphatic carbocycles. The van der Waals surface area contributed by atoms with Crippen molar-refractivity contribution >= 4 is 22.5 Å². The van der Waals surface area contributed by atoms with Crippen molar-refractivity contribution in [2.75, 3.05) is 0 Å². The Kier molecular flexibility index (Phi) is 5.53. The monoisotopic (exact) mass is 446 g/mol. The van der Waals surface area contributed by atoms with Crippen LogP contribution in [0.1, 0.15) is 61.5 Å². The summed E-state index contributed by atoms with van der Waals surface area (Å²) in [5.41, 5.74) is 1.49. The lowest BCUT2D eigenvalue weighted by atomic mass is 9.84. The molecular formula is C18H20F6O2S2. The summed E-state index contributed by atoms with van der Waals surface area (Å²) in [5, 5.41) is -13.2. The number of thiol groups is 1. The van der Waals surface area contributed by atoms with Crippen LogP contribution < -0.4 is 0 Å². The van der Waals surface area contributed by atoms with E-state index in [0.29, 0.717) is 11.5 Å². The van der Waals surface area contributed by atoms with Crippen molar-refractivity contribution in [3.8, 4) is 0 Å². The van der Waals surface area contributed by atoms with Gasteiger partial charge in [-0.25, -0.2) is 8.42 Å². The maximum atomic E-state index is 13.9. The molecule has 10 heteroatoms. The number of hydrogen-bond donors (Lipinski definition) is 1. The van der Waals surface area contributed by atoms with Crippen LogP contribution in [0.3, 0.4) is 0 Å². The molecule has 2 atom stereocenters. The Balaban J connectivity index is 1.76. The average Bonchev–Trinajstić information content (AvgIpc) is 3.43. The summed E-state index contributed by atoms with van der Waals surface area (Å²) in [5.74, 6) is -6.65. The molecule has 0 spiro atoms. The van der Waals surface area contributed by atoms with Gasteiger partial charge in [-0.2, -0.15) is 26.3 Å². The molecule has 3 rings (SSSR count). The zero-order valence-electron chi connectivity index (χ0n) is 14.7. The van der Waals surface area contributed by atoms with Gasteiger partial charge in [-0.3, -0.25) is 0 Å². The number of alkyl halides is 6. The third-order valence-corrected chi connectivity index (χ3v) is 8.24. The second-order valence-corrected chi connectivity index (χ2v) is 10.3. The molecule has 1 unspecified atom stereocenters. The van der Waals surface area contributed by atoms with Crippen molar-refractivity contribution in [3.63, 3.8) is 0 Å². The van der Waals surface area contributed by atoms with Crippen molar-refractivity contribution in [2.45, 2.75) is 72.0 Å². The summed E-state index contributed by atoms with van der Waals surface area (Å²) in [4.78, 5) is 0. The molecule has 0 aromatic heterocycles. The Morgan fingerprint density at radius 3 is 1.86 bits per heavy atom. The van der Waals surface area contributed by atoms with Gasteiger partial charge < -0.3 is 0 Å². The van der Waals surface area contributed by atoms with Crippen molar-refractivity contribution in [1.29, 1.82) is 0 Å². The molecule has 1 aromatic rings. The highest BCUT2D eigenvalue weighted by Crippen LogP contribution is 2.57. The van der Waals surface area contributed by atoms with Crippen LogP contribution in [0.4, 0.5) is 26.3 Å². The zero-order valence-corrected chi connectivity index (χ0v) is 16.4. The molecule has 2 nitrogen and oxygen atoms in total. The van der Waals surface area contributed by atoms with Gasteiger partial charge in [0.1, 0.15) is 0 Å². The molecule has 1 aromatic carbocycles. The molecule has 0 N–H and O–H groups in total. The lowest BCUT2D eigenvalue weighted by Gasteiger charge is -2.29. The summed E-state index contributed by atoms with van der Waals surface area (Å²) in [6.45, 7) is 0. The summed E-state index contributed by atoms with van der Waals surface area (Å²) >= 11 is 2.18. The molecule has 0 heterocycles. The summed E-state index contributed by atoms with van der Waals surface area (Å²) < 4.78 is 104. The third kappa shape index (κ3) is 3.55. The number of sulfone groups is 1. The van der Waals surface area contributed by atoms with Crippen LogP contribution in [-0.2, 0) is 9.84 Å². The first-order valence-electron chi connectivity index (χ1n) is 9.00. The van der Waals surface area contributed by atoms with Gasteiger partial charge in [-0.15, -0.1) is 0 Å². The Bertz CT molecular complexity index is 811. The highest BCUT2D eigenvalue weighted by atomic mass is 32.2. The van der Waals surface area contributed by atoms with E-state index in [1.54, 1.807) is 24.3 Å². The van der Waals surface area contributed by atoms with Gasteiger partial charge >= 0.3 is 16.4 Å². The first-order valence-corrected chi connectivity index (χ1v) is 11.0. The lowest BCUT2D eigenvalue weighted by molar-refractivity contribution is -0.239. The van der Waals surface area contributed by atoms with E-state index in [1.807, 2.05) is 0 Å². The lowest BCUT2D eigenvalue weighted by Crippen LogP contribution is -2.56. The molecule has 2 aliphatic rings. The van der Waals surface area contributed by atoms with E-state index in [1.165, 1.54) is 6.42 Å². The smallest absolute Gasteiger partial charge is 0.222 e. The van der Waals surface area contributed by atoms with Gasteiger partial charge in [0.05, 0.1) is 5.25 Å². The van der Waals surface area contributed by atoms with Crippen LogP contribution in [0.5, 0.6) is 0 Å². The Labute approximate surface area is 165 Å². The first kappa shape index (κ1) is 21.8. The zero-order chi connectivity index (χ0) is 21.0.